The van der Waals surface area contributed by atoms with E-state index in [1.54, 1.807) is 11.6 Å². The number of carbonyl (C=O) groups is 1. The molecule has 0 radical (unpaired) electrons. The third kappa shape index (κ3) is 6.31. The summed E-state index contributed by atoms with van der Waals surface area (Å²) in [5, 5.41) is 21.8. The smallest absolute Gasteiger partial charge is 0.350 e. The van der Waals surface area contributed by atoms with Gasteiger partial charge in [-0.15, -0.1) is 0 Å². The number of aryl methyl sites for hydroxylation is 1. The average Bonchev–Trinajstić information content (AvgIpc) is 3.68. The van der Waals surface area contributed by atoms with Crippen LogP contribution in [-0.4, -0.2) is 64.5 Å². The number of nitrogens with zero attached hydrogens (tertiary/aromatic N) is 2. The number of halogens is 3. The van der Waals surface area contributed by atoms with E-state index in [4.69, 9.17) is 5.41 Å². The first-order valence-corrected chi connectivity index (χ1v) is 14.5. The molecule has 1 amide bonds. The summed E-state index contributed by atoms with van der Waals surface area (Å²) in [5.41, 5.74) is 0.344. The Labute approximate surface area is 223 Å². The van der Waals surface area contributed by atoms with Crippen molar-refractivity contribution in [1.29, 1.82) is 5.41 Å². The van der Waals surface area contributed by atoms with Crippen molar-refractivity contribution >= 4 is 5.91 Å². The molecule has 38 heavy (non-hydrogen) atoms. The molecule has 5 N–H and O–H groups in total. The summed E-state index contributed by atoms with van der Waals surface area (Å²) in [6, 6.07) is -1.49. The molecule has 8 unspecified atom stereocenters. The highest BCUT2D eigenvalue weighted by Gasteiger charge is 2.50. The normalized spacial score (nSPS) is 35.6. The van der Waals surface area contributed by atoms with Crippen LogP contribution in [0.15, 0.2) is 12.4 Å². The second-order valence-electron chi connectivity index (χ2n) is 12.4. The molecule has 0 spiro atoms. The average molecular weight is 540 g/mol. The summed E-state index contributed by atoms with van der Waals surface area (Å²) in [6.45, 7) is 4.27. The quantitative estimate of drug-likeness (QED) is 0.367. The predicted molar refractivity (Wildman–Crippen MR) is 138 cm³/mol. The standard InChI is InChI=1S/C27H44F3N7O/c1-16-7-9-32-20(12-16)23(18-5-6-18)35-25(38)22-14-17(15-37-11-10-36(2)26(37)31)13-21(34-22)24-19(27(28,29)30)4-3-8-33-24/h10-11,16-24,31-34H,3-9,12-15H2,1-2H3,(H,35,38). The van der Waals surface area contributed by atoms with Crippen LogP contribution in [0.4, 0.5) is 13.2 Å². The zero-order valence-electron chi connectivity index (χ0n) is 22.6. The maximum atomic E-state index is 14.0. The first kappa shape index (κ1) is 27.7. The summed E-state index contributed by atoms with van der Waals surface area (Å²) in [6.07, 6.45) is 5.43. The monoisotopic (exact) mass is 539 g/mol. The van der Waals surface area contributed by atoms with E-state index in [0.717, 1.165) is 32.2 Å². The van der Waals surface area contributed by atoms with Gasteiger partial charge in [0.2, 0.25) is 11.5 Å². The van der Waals surface area contributed by atoms with E-state index < -0.39 is 30.2 Å². The van der Waals surface area contributed by atoms with Gasteiger partial charge in [-0.3, -0.25) is 10.2 Å². The Hall–Kier alpha value is -1.85. The lowest BCUT2D eigenvalue weighted by molar-refractivity contribution is -0.191. The molecule has 0 bridgehead atoms. The highest BCUT2D eigenvalue weighted by Crippen LogP contribution is 2.39. The van der Waals surface area contributed by atoms with Crippen molar-refractivity contribution in [1.82, 2.24) is 30.4 Å². The van der Waals surface area contributed by atoms with Gasteiger partial charge < -0.3 is 30.4 Å². The molecule has 8 atom stereocenters. The van der Waals surface area contributed by atoms with Crippen molar-refractivity contribution in [2.24, 2.45) is 30.7 Å². The number of hydrogen-bond donors (Lipinski definition) is 5. The van der Waals surface area contributed by atoms with Gasteiger partial charge in [-0.05, 0) is 82.2 Å². The van der Waals surface area contributed by atoms with E-state index in [0.29, 0.717) is 49.8 Å². The number of carbonyl (C=O) groups excluding carboxylic acids is 1. The van der Waals surface area contributed by atoms with Crippen molar-refractivity contribution in [3.63, 3.8) is 0 Å². The summed E-state index contributed by atoms with van der Waals surface area (Å²) in [7, 11) is 1.80. The van der Waals surface area contributed by atoms with Crippen LogP contribution in [0, 0.1) is 29.1 Å². The summed E-state index contributed by atoms with van der Waals surface area (Å²) < 4.78 is 45.6. The predicted octanol–water partition coefficient (Wildman–Crippen LogP) is 2.26. The number of alkyl halides is 3. The van der Waals surface area contributed by atoms with E-state index in [2.05, 4.69) is 28.2 Å². The molecule has 5 rings (SSSR count). The van der Waals surface area contributed by atoms with E-state index in [-0.39, 0.29) is 30.3 Å². The lowest BCUT2D eigenvalue weighted by atomic mass is 9.78. The molecule has 4 heterocycles. The van der Waals surface area contributed by atoms with Gasteiger partial charge in [0.15, 0.2) is 0 Å². The summed E-state index contributed by atoms with van der Waals surface area (Å²) in [5.74, 6) is -0.463. The molecule has 8 nitrogen and oxygen atoms in total. The number of imidazole rings is 1. The molecule has 0 aromatic carbocycles. The number of hydrogen-bond acceptors (Lipinski definition) is 5. The number of aromatic nitrogens is 2. The van der Waals surface area contributed by atoms with Crippen LogP contribution in [-0.2, 0) is 18.4 Å². The Morgan fingerprint density at radius 3 is 2.58 bits per heavy atom. The van der Waals surface area contributed by atoms with E-state index in [1.165, 1.54) is 0 Å². The third-order valence-electron chi connectivity index (χ3n) is 9.35. The van der Waals surface area contributed by atoms with Gasteiger partial charge in [0, 0.05) is 50.2 Å². The van der Waals surface area contributed by atoms with E-state index in [1.807, 2.05) is 17.0 Å². The third-order valence-corrected chi connectivity index (χ3v) is 9.35. The number of amides is 1. The maximum Gasteiger partial charge on any atom is 0.393 e. The molecule has 3 aliphatic heterocycles. The Bertz CT molecular complexity index is 1020. The van der Waals surface area contributed by atoms with Crippen molar-refractivity contribution in [3.8, 4) is 0 Å². The Balaban J connectivity index is 1.35. The number of rotatable bonds is 7. The highest BCUT2D eigenvalue weighted by molar-refractivity contribution is 5.82. The topological polar surface area (TPSA) is 98.9 Å². The lowest BCUT2D eigenvalue weighted by Gasteiger charge is -2.45. The van der Waals surface area contributed by atoms with Crippen molar-refractivity contribution in [2.75, 3.05) is 13.1 Å². The molecule has 3 saturated heterocycles. The van der Waals surface area contributed by atoms with Gasteiger partial charge in [-0.2, -0.15) is 13.2 Å². The van der Waals surface area contributed by atoms with Crippen molar-refractivity contribution < 1.29 is 18.0 Å². The van der Waals surface area contributed by atoms with Crippen LogP contribution < -0.4 is 26.9 Å². The van der Waals surface area contributed by atoms with Crippen LogP contribution in [0.3, 0.4) is 0 Å². The summed E-state index contributed by atoms with van der Waals surface area (Å²) in [4.78, 5) is 13.7. The largest absolute Gasteiger partial charge is 0.393 e. The second-order valence-corrected chi connectivity index (χ2v) is 12.4. The summed E-state index contributed by atoms with van der Waals surface area (Å²) >= 11 is 0. The minimum absolute atomic E-state index is 0.0155. The molecular weight excluding hydrogens is 495 g/mol. The Kier molecular flexibility index (Phi) is 8.26. The fourth-order valence-electron chi connectivity index (χ4n) is 7.11. The van der Waals surface area contributed by atoms with Gasteiger partial charge in [0.25, 0.3) is 0 Å². The van der Waals surface area contributed by atoms with Crippen LogP contribution in [0.1, 0.15) is 58.3 Å². The fraction of sp³-hybridized carbons (Fsp3) is 0.852. The molecule has 1 aliphatic carbocycles. The molecule has 214 valence electrons. The van der Waals surface area contributed by atoms with Crippen LogP contribution in [0.2, 0.25) is 0 Å². The molecule has 4 aliphatic rings. The minimum Gasteiger partial charge on any atom is -0.350 e. The zero-order chi connectivity index (χ0) is 27.0. The van der Waals surface area contributed by atoms with Gasteiger partial charge in [0.1, 0.15) is 0 Å². The minimum atomic E-state index is -4.28. The van der Waals surface area contributed by atoms with Crippen molar-refractivity contribution in [3.05, 3.63) is 18.0 Å². The highest BCUT2D eigenvalue weighted by atomic mass is 19.4. The van der Waals surface area contributed by atoms with E-state index >= 15 is 0 Å². The molecular formula is C27H44F3N7O. The molecule has 1 aromatic heterocycles. The van der Waals surface area contributed by atoms with Crippen LogP contribution in [0.25, 0.3) is 0 Å². The molecule has 1 aromatic rings. The van der Waals surface area contributed by atoms with Gasteiger partial charge in [-0.25, -0.2) is 0 Å². The Morgan fingerprint density at radius 2 is 1.92 bits per heavy atom. The molecule has 1 saturated carbocycles. The second kappa shape index (κ2) is 11.3. The fourth-order valence-corrected chi connectivity index (χ4v) is 7.11. The number of piperidine rings is 3. The van der Waals surface area contributed by atoms with Gasteiger partial charge >= 0.3 is 6.18 Å². The molecule has 11 heteroatoms. The first-order valence-electron chi connectivity index (χ1n) is 14.5. The zero-order valence-corrected chi connectivity index (χ0v) is 22.6. The maximum absolute atomic E-state index is 14.0. The SMILES string of the molecule is CC1CCNC(C(NC(=O)C2CC(Cn3ccn(C)c3=N)CC(C3NCCCC3C(F)(F)F)N2)C2CC2)C1. The Morgan fingerprint density at radius 1 is 1.13 bits per heavy atom. The van der Waals surface area contributed by atoms with Crippen LogP contribution in [0.5, 0.6) is 0 Å². The van der Waals surface area contributed by atoms with Gasteiger partial charge in [-0.1, -0.05) is 6.92 Å². The first-order chi connectivity index (χ1) is 18.1. The number of nitrogens with one attached hydrogen (secondary N) is 5. The lowest BCUT2D eigenvalue weighted by Crippen LogP contribution is -2.65. The van der Waals surface area contributed by atoms with E-state index in [9.17, 15) is 18.0 Å². The molecule has 4 fully saturated rings. The van der Waals surface area contributed by atoms with Gasteiger partial charge in [0.05, 0.1) is 12.0 Å². The van der Waals surface area contributed by atoms with Crippen LogP contribution >= 0.6 is 0 Å². The van der Waals surface area contributed by atoms with Crippen molar-refractivity contribution in [2.45, 2.75) is 101 Å².